The Morgan fingerprint density at radius 1 is 1.08 bits per heavy atom. The minimum Gasteiger partial charge on any atom is -0.393 e. The molecule has 3 aliphatic rings. The highest BCUT2D eigenvalue weighted by atomic mass is 35.5. The third-order valence-corrected chi connectivity index (χ3v) is 7.48. The number of piperazine rings is 1. The number of nitriles is 2. The molecule has 2 saturated carbocycles. The fourth-order valence-corrected chi connectivity index (χ4v) is 5.10. The lowest BCUT2D eigenvalue weighted by atomic mass is 9.87. The first kappa shape index (κ1) is 22.8. The van der Waals surface area contributed by atoms with Crippen LogP contribution >= 0.6 is 11.6 Å². The number of fused-ring (bicyclic) bond motifs is 1. The summed E-state index contributed by atoms with van der Waals surface area (Å²) in [5.74, 6) is 0.790. The number of aliphatic hydroxyl groups excluding tert-OH is 1. The second-order valence-electron chi connectivity index (χ2n) is 9.59. The quantitative estimate of drug-likeness (QED) is 0.458. The average molecular weight is 505 g/mol. The van der Waals surface area contributed by atoms with Crippen LogP contribution < -0.4 is 15.5 Å². The largest absolute Gasteiger partial charge is 0.393 e. The van der Waals surface area contributed by atoms with E-state index in [1.165, 1.54) is 10.7 Å². The number of benzene rings is 1. The average Bonchev–Trinajstić information content (AvgIpc) is 3.59. The summed E-state index contributed by atoms with van der Waals surface area (Å²) in [6, 6.07) is 8.60. The van der Waals surface area contributed by atoms with Crippen LogP contribution in [0.3, 0.4) is 0 Å². The zero-order chi connectivity index (χ0) is 24.8. The summed E-state index contributed by atoms with van der Waals surface area (Å²) in [7, 11) is 0. The van der Waals surface area contributed by atoms with Gasteiger partial charge in [-0.2, -0.15) is 20.0 Å². The zero-order valence-corrected chi connectivity index (χ0v) is 20.3. The molecule has 12 heteroatoms. The van der Waals surface area contributed by atoms with Crippen molar-refractivity contribution in [2.24, 2.45) is 0 Å². The molecule has 0 atom stereocenters. The van der Waals surface area contributed by atoms with Crippen molar-refractivity contribution in [1.82, 2.24) is 24.5 Å². The number of anilines is 4. The normalized spacial score (nSPS) is 22.1. The first-order valence-electron chi connectivity index (χ1n) is 12.1. The minimum absolute atomic E-state index is 0.170. The number of nitrogens with zero attached hydrogens (tertiary/aromatic N) is 8. The van der Waals surface area contributed by atoms with Crippen LogP contribution in [0.2, 0.25) is 5.02 Å². The number of aliphatic hydroxyl groups is 1. The molecule has 3 heterocycles. The summed E-state index contributed by atoms with van der Waals surface area (Å²) in [5.41, 5.74) is 2.55. The van der Waals surface area contributed by atoms with E-state index in [1.807, 2.05) is 6.07 Å². The molecular weight excluding hydrogens is 480 g/mol. The Hall–Kier alpha value is -3.64. The molecule has 11 nitrogen and oxygen atoms in total. The predicted molar refractivity (Wildman–Crippen MR) is 134 cm³/mol. The van der Waals surface area contributed by atoms with E-state index in [4.69, 9.17) is 11.6 Å². The van der Waals surface area contributed by atoms with E-state index in [2.05, 4.69) is 47.6 Å². The topological polar surface area (TPSA) is 141 Å². The van der Waals surface area contributed by atoms with Crippen LogP contribution in [0.25, 0.3) is 5.65 Å². The lowest BCUT2D eigenvalue weighted by Crippen LogP contribution is -2.55. The van der Waals surface area contributed by atoms with Crippen LogP contribution in [0, 0.1) is 22.7 Å². The van der Waals surface area contributed by atoms with Crippen LogP contribution in [0.5, 0.6) is 0 Å². The van der Waals surface area contributed by atoms with Crippen molar-refractivity contribution in [3.05, 3.63) is 34.6 Å². The number of nitrogens with one attached hydrogen (secondary N) is 2. The second-order valence-corrected chi connectivity index (χ2v) is 9.97. The van der Waals surface area contributed by atoms with Gasteiger partial charge in [0.2, 0.25) is 5.95 Å². The fourth-order valence-electron chi connectivity index (χ4n) is 4.83. The van der Waals surface area contributed by atoms with Crippen LogP contribution in [-0.4, -0.2) is 74.0 Å². The second kappa shape index (κ2) is 9.10. The van der Waals surface area contributed by atoms with Crippen molar-refractivity contribution in [3.63, 3.8) is 0 Å². The summed E-state index contributed by atoms with van der Waals surface area (Å²) in [5, 5.41) is 40.3. The maximum absolute atomic E-state index is 9.69. The summed E-state index contributed by atoms with van der Waals surface area (Å²) in [6.45, 7) is 3.31. The van der Waals surface area contributed by atoms with Gasteiger partial charge in [-0.25, -0.2) is 4.98 Å². The van der Waals surface area contributed by atoms with E-state index in [0.29, 0.717) is 45.5 Å². The summed E-state index contributed by atoms with van der Waals surface area (Å²) >= 11 is 6.86. The van der Waals surface area contributed by atoms with Crippen molar-refractivity contribution in [2.75, 3.05) is 41.7 Å². The standard InChI is InChI=1S/C24H25ClN10O/c25-21-19(30-24-31-22(29-15-1-2-15)23-28-13-17(12-27)35(23)32-24)7-14(11-26)8-20(21)34-5-3-33(4-6-34)16-9-18(36)10-16/h7-8,13,15-16,18,36H,1-6,9-10H2,(H2,29,30,31,32). The van der Waals surface area contributed by atoms with Gasteiger partial charge in [-0.3, -0.25) is 4.90 Å². The van der Waals surface area contributed by atoms with E-state index in [-0.39, 0.29) is 12.1 Å². The van der Waals surface area contributed by atoms with Crippen molar-refractivity contribution in [1.29, 1.82) is 10.5 Å². The monoisotopic (exact) mass is 504 g/mol. The van der Waals surface area contributed by atoms with Crippen molar-refractivity contribution in [3.8, 4) is 12.1 Å². The molecule has 3 N–H and O–H groups in total. The maximum atomic E-state index is 9.69. The first-order valence-corrected chi connectivity index (χ1v) is 12.5. The maximum Gasteiger partial charge on any atom is 0.247 e. The third-order valence-electron chi connectivity index (χ3n) is 7.08. The summed E-state index contributed by atoms with van der Waals surface area (Å²) < 4.78 is 1.46. The number of hydrogen-bond donors (Lipinski definition) is 3. The molecule has 0 radical (unpaired) electrons. The Bertz CT molecular complexity index is 1390. The lowest BCUT2D eigenvalue weighted by molar-refractivity contribution is -0.000359. The van der Waals surface area contributed by atoms with Gasteiger partial charge in [0.25, 0.3) is 0 Å². The minimum atomic E-state index is -0.170. The Morgan fingerprint density at radius 3 is 2.53 bits per heavy atom. The van der Waals surface area contributed by atoms with E-state index >= 15 is 0 Å². The molecule has 1 aliphatic heterocycles. The van der Waals surface area contributed by atoms with Gasteiger partial charge in [0.15, 0.2) is 17.2 Å². The first-order chi connectivity index (χ1) is 17.5. The molecule has 0 spiro atoms. The zero-order valence-electron chi connectivity index (χ0n) is 19.5. The molecule has 0 bridgehead atoms. The van der Waals surface area contributed by atoms with Crippen LogP contribution in [-0.2, 0) is 0 Å². The van der Waals surface area contributed by atoms with Crippen LogP contribution in [0.15, 0.2) is 18.3 Å². The number of aromatic nitrogens is 4. The van der Waals surface area contributed by atoms with Gasteiger partial charge in [0.05, 0.1) is 40.3 Å². The highest BCUT2D eigenvalue weighted by molar-refractivity contribution is 6.36. The molecule has 6 rings (SSSR count). The van der Waals surface area contributed by atoms with E-state index < -0.39 is 0 Å². The molecule has 1 aromatic carbocycles. The number of hydrogen-bond acceptors (Lipinski definition) is 10. The van der Waals surface area contributed by atoms with Crippen LogP contribution in [0.4, 0.5) is 23.1 Å². The molecule has 3 aromatic rings. The molecule has 0 unspecified atom stereocenters. The highest BCUT2D eigenvalue weighted by Gasteiger charge is 2.34. The molecule has 1 saturated heterocycles. The number of rotatable bonds is 6. The van der Waals surface area contributed by atoms with Gasteiger partial charge in [0.1, 0.15) is 6.07 Å². The Labute approximate surface area is 212 Å². The van der Waals surface area contributed by atoms with E-state index in [1.54, 1.807) is 6.07 Å². The van der Waals surface area contributed by atoms with Gasteiger partial charge in [-0.05, 0) is 37.8 Å². The van der Waals surface area contributed by atoms with Gasteiger partial charge in [-0.15, -0.1) is 5.10 Å². The number of imidazole rings is 1. The van der Waals surface area contributed by atoms with E-state index in [0.717, 1.165) is 57.5 Å². The summed E-state index contributed by atoms with van der Waals surface area (Å²) in [4.78, 5) is 13.5. The van der Waals surface area contributed by atoms with Crippen molar-refractivity contribution < 1.29 is 5.11 Å². The smallest absolute Gasteiger partial charge is 0.247 e. The van der Waals surface area contributed by atoms with Gasteiger partial charge in [0, 0.05) is 38.3 Å². The number of halogens is 1. The molecule has 184 valence electrons. The SMILES string of the molecule is N#Cc1cc(Nc2nc(NC3CC3)c3ncc(C#N)n3n2)c(Cl)c(N2CCN(C3CC(O)C3)CC2)c1. The van der Waals surface area contributed by atoms with Gasteiger partial charge >= 0.3 is 0 Å². The van der Waals surface area contributed by atoms with E-state index in [9.17, 15) is 15.6 Å². The Morgan fingerprint density at radius 2 is 1.86 bits per heavy atom. The molecule has 0 amide bonds. The molecule has 36 heavy (non-hydrogen) atoms. The predicted octanol–water partition coefficient (Wildman–Crippen LogP) is 2.48. The third kappa shape index (κ3) is 4.26. The van der Waals surface area contributed by atoms with Gasteiger partial charge in [-0.1, -0.05) is 11.6 Å². The molecule has 2 aliphatic carbocycles. The lowest BCUT2D eigenvalue weighted by Gasteiger charge is -2.45. The summed E-state index contributed by atoms with van der Waals surface area (Å²) in [6.07, 6.45) is 5.08. The van der Waals surface area contributed by atoms with Crippen molar-refractivity contribution >= 4 is 40.4 Å². The fraction of sp³-hybridized carbons (Fsp3) is 0.458. The van der Waals surface area contributed by atoms with Crippen molar-refractivity contribution in [2.45, 2.75) is 43.9 Å². The Balaban J connectivity index is 1.29. The molecule has 2 aromatic heterocycles. The van der Waals surface area contributed by atoms with Gasteiger partial charge < -0.3 is 20.6 Å². The van der Waals surface area contributed by atoms with Crippen LogP contribution in [0.1, 0.15) is 36.9 Å². The molecular formula is C24H25ClN10O. The highest BCUT2D eigenvalue weighted by Crippen LogP contribution is 2.37. The Kier molecular flexibility index (Phi) is 5.76. The molecule has 3 fully saturated rings.